The molecule has 0 aliphatic carbocycles. The first-order valence-corrected chi connectivity index (χ1v) is 6.70. The third-order valence-corrected chi connectivity index (χ3v) is 2.77. The molecule has 0 amide bonds. The Morgan fingerprint density at radius 1 is 1.21 bits per heavy atom. The number of rotatable bonds is 6. The Bertz CT molecular complexity index is 431. The molecule has 3 nitrogen and oxygen atoms in total. The minimum Gasteiger partial charge on any atom is -0.384 e. The number of hydrogen-bond donors (Lipinski definition) is 2. The molecule has 0 saturated carbocycles. The van der Waals surface area contributed by atoms with Crippen LogP contribution in [-0.4, -0.2) is 18.9 Å². The first-order chi connectivity index (χ1) is 8.81. The first-order valence-electron chi connectivity index (χ1n) is 6.70. The van der Waals surface area contributed by atoms with Crippen LogP contribution >= 0.6 is 0 Å². The Morgan fingerprint density at radius 3 is 2.11 bits per heavy atom. The van der Waals surface area contributed by atoms with Gasteiger partial charge in [0.1, 0.15) is 11.7 Å². The zero-order valence-electron chi connectivity index (χ0n) is 12.2. The summed E-state index contributed by atoms with van der Waals surface area (Å²) < 4.78 is 14.2. The van der Waals surface area contributed by atoms with Crippen LogP contribution < -0.4 is 10.6 Å². The van der Waals surface area contributed by atoms with Crippen LogP contribution in [-0.2, 0) is 0 Å². The fourth-order valence-corrected chi connectivity index (χ4v) is 2.08. The number of nitrogens with one attached hydrogen (secondary N) is 1. The van der Waals surface area contributed by atoms with Crippen LogP contribution in [0.5, 0.6) is 0 Å². The summed E-state index contributed by atoms with van der Waals surface area (Å²) >= 11 is 0. The Kier molecular flexibility index (Phi) is 5.33. The first kappa shape index (κ1) is 15.5. The van der Waals surface area contributed by atoms with Gasteiger partial charge in [0.15, 0.2) is 0 Å². The van der Waals surface area contributed by atoms with Crippen LogP contribution in [0, 0.1) is 23.1 Å². The molecule has 4 heteroatoms. The van der Waals surface area contributed by atoms with Crippen molar-refractivity contribution in [2.24, 2.45) is 17.6 Å². The molecule has 0 aromatic heterocycles. The van der Waals surface area contributed by atoms with Crippen LogP contribution in [0.15, 0.2) is 18.2 Å². The zero-order chi connectivity index (χ0) is 14.6. The number of hydrogen-bond acceptors (Lipinski definition) is 2. The highest BCUT2D eigenvalue weighted by Gasteiger charge is 2.15. The van der Waals surface area contributed by atoms with Gasteiger partial charge in [-0.15, -0.1) is 0 Å². The van der Waals surface area contributed by atoms with Crippen molar-refractivity contribution in [2.75, 3.05) is 18.0 Å². The molecule has 1 rings (SSSR count). The van der Waals surface area contributed by atoms with Gasteiger partial charge in [-0.05, 0) is 30.0 Å². The summed E-state index contributed by atoms with van der Waals surface area (Å²) in [5.41, 5.74) is 6.39. The summed E-state index contributed by atoms with van der Waals surface area (Å²) in [6.45, 7) is 10.1. The maximum absolute atomic E-state index is 14.2. The van der Waals surface area contributed by atoms with Crippen molar-refractivity contribution in [3.05, 3.63) is 29.6 Å². The Balaban J connectivity index is 3.04. The summed E-state index contributed by atoms with van der Waals surface area (Å²) in [5, 5.41) is 7.33. The molecule has 1 aromatic carbocycles. The third-order valence-electron chi connectivity index (χ3n) is 2.77. The summed E-state index contributed by atoms with van der Waals surface area (Å²) in [5.74, 6) is 0.509. The quantitative estimate of drug-likeness (QED) is 0.613. The number of halogens is 1. The highest BCUT2D eigenvalue weighted by molar-refractivity contribution is 5.95. The molecule has 0 heterocycles. The van der Waals surface area contributed by atoms with Gasteiger partial charge in [0.05, 0.1) is 5.69 Å². The summed E-state index contributed by atoms with van der Waals surface area (Å²) in [6.07, 6.45) is 0. The minimum absolute atomic E-state index is 0.107. The highest BCUT2D eigenvalue weighted by Crippen LogP contribution is 2.22. The SMILES string of the molecule is CC(C)CN(CC(C)C)c1ccc(C(=N)N)cc1F. The molecule has 0 aliphatic rings. The maximum atomic E-state index is 14.2. The van der Waals surface area contributed by atoms with Crippen LogP contribution in [0.2, 0.25) is 0 Å². The molecule has 106 valence electrons. The van der Waals surface area contributed by atoms with Gasteiger partial charge in [-0.2, -0.15) is 0 Å². The van der Waals surface area contributed by atoms with E-state index in [1.54, 1.807) is 12.1 Å². The number of anilines is 1. The average molecular weight is 265 g/mol. The lowest BCUT2D eigenvalue weighted by Crippen LogP contribution is -2.32. The van der Waals surface area contributed by atoms with E-state index < -0.39 is 0 Å². The second-order valence-corrected chi connectivity index (χ2v) is 5.77. The second-order valence-electron chi connectivity index (χ2n) is 5.77. The molecule has 0 atom stereocenters. The lowest BCUT2D eigenvalue weighted by molar-refractivity contribution is 0.537. The lowest BCUT2D eigenvalue weighted by atomic mass is 10.1. The van der Waals surface area contributed by atoms with E-state index in [1.807, 2.05) is 0 Å². The molecule has 0 fully saturated rings. The molecule has 0 unspecified atom stereocenters. The van der Waals surface area contributed by atoms with Crippen molar-refractivity contribution in [1.29, 1.82) is 5.41 Å². The fraction of sp³-hybridized carbons (Fsp3) is 0.533. The zero-order valence-corrected chi connectivity index (χ0v) is 12.2. The predicted molar refractivity (Wildman–Crippen MR) is 79.3 cm³/mol. The molecular weight excluding hydrogens is 241 g/mol. The number of benzene rings is 1. The molecule has 3 N–H and O–H groups in total. The molecule has 0 radical (unpaired) electrons. The van der Waals surface area contributed by atoms with Gasteiger partial charge >= 0.3 is 0 Å². The second kappa shape index (κ2) is 6.55. The topological polar surface area (TPSA) is 53.1 Å². The van der Waals surface area contributed by atoms with E-state index >= 15 is 0 Å². The summed E-state index contributed by atoms with van der Waals surface area (Å²) in [7, 11) is 0. The van der Waals surface area contributed by atoms with Gasteiger partial charge in [-0.25, -0.2) is 4.39 Å². The molecule has 0 aliphatic heterocycles. The van der Waals surface area contributed by atoms with Gasteiger partial charge in [-0.3, -0.25) is 5.41 Å². The number of nitrogens with two attached hydrogens (primary N) is 1. The van der Waals surface area contributed by atoms with E-state index in [1.165, 1.54) is 6.07 Å². The fourth-order valence-electron chi connectivity index (χ4n) is 2.08. The van der Waals surface area contributed by atoms with Crippen molar-refractivity contribution < 1.29 is 4.39 Å². The van der Waals surface area contributed by atoms with Crippen LogP contribution in [0.25, 0.3) is 0 Å². The van der Waals surface area contributed by atoms with E-state index in [0.717, 1.165) is 13.1 Å². The molecule has 19 heavy (non-hydrogen) atoms. The molecule has 0 saturated heterocycles. The van der Waals surface area contributed by atoms with Crippen molar-refractivity contribution in [3.63, 3.8) is 0 Å². The summed E-state index contributed by atoms with van der Waals surface area (Å²) in [4.78, 5) is 2.06. The predicted octanol–water partition coefficient (Wildman–Crippen LogP) is 3.23. The van der Waals surface area contributed by atoms with Crippen molar-refractivity contribution in [2.45, 2.75) is 27.7 Å². The van der Waals surface area contributed by atoms with Gasteiger partial charge in [0.25, 0.3) is 0 Å². The van der Waals surface area contributed by atoms with Crippen LogP contribution in [0.4, 0.5) is 10.1 Å². The Hall–Kier alpha value is -1.58. The third kappa shape index (κ3) is 4.54. The van der Waals surface area contributed by atoms with Gasteiger partial charge < -0.3 is 10.6 Å². The van der Waals surface area contributed by atoms with Crippen molar-refractivity contribution in [1.82, 2.24) is 0 Å². The number of nitrogen functional groups attached to an aromatic ring is 1. The normalized spacial score (nSPS) is 11.1. The monoisotopic (exact) mass is 265 g/mol. The number of amidine groups is 1. The smallest absolute Gasteiger partial charge is 0.147 e. The molecule has 1 aromatic rings. The van der Waals surface area contributed by atoms with E-state index in [9.17, 15) is 4.39 Å². The molecular formula is C15H24FN3. The van der Waals surface area contributed by atoms with Gasteiger partial charge in [0.2, 0.25) is 0 Å². The van der Waals surface area contributed by atoms with Crippen molar-refractivity contribution >= 4 is 11.5 Å². The maximum Gasteiger partial charge on any atom is 0.147 e. The largest absolute Gasteiger partial charge is 0.384 e. The Labute approximate surface area is 115 Å². The van der Waals surface area contributed by atoms with Gasteiger partial charge in [-0.1, -0.05) is 27.7 Å². The minimum atomic E-state index is -0.311. The van der Waals surface area contributed by atoms with E-state index in [4.69, 9.17) is 11.1 Å². The lowest BCUT2D eigenvalue weighted by Gasteiger charge is -2.29. The Morgan fingerprint density at radius 2 is 1.74 bits per heavy atom. The molecule has 0 bridgehead atoms. The number of nitrogens with zero attached hydrogens (tertiary/aromatic N) is 1. The van der Waals surface area contributed by atoms with E-state index in [0.29, 0.717) is 23.1 Å². The van der Waals surface area contributed by atoms with Crippen LogP contribution in [0.1, 0.15) is 33.3 Å². The van der Waals surface area contributed by atoms with E-state index in [2.05, 4.69) is 32.6 Å². The molecule has 0 spiro atoms. The standard InChI is InChI=1S/C15H24FN3/c1-10(2)8-19(9-11(3)4)14-6-5-12(15(17)18)7-13(14)16/h5-7,10-11H,8-9H2,1-4H3,(H3,17,18). The van der Waals surface area contributed by atoms with Crippen LogP contribution in [0.3, 0.4) is 0 Å². The van der Waals surface area contributed by atoms with E-state index in [-0.39, 0.29) is 11.7 Å². The summed E-state index contributed by atoms with van der Waals surface area (Å²) in [6, 6.07) is 4.76. The highest BCUT2D eigenvalue weighted by atomic mass is 19.1. The van der Waals surface area contributed by atoms with Crippen molar-refractivity contribution in [3.8, 4) is 0 Å². The van der Waals surface area contributed by atoms with Gasteiger partial charge in [0, 0.05) is 18.7 Å². The average Bonchev–Trinajstić information content (AvgIpc) is 2.26.